The van der Waals surface area contributed by atoms with E-state index in [4.69, 9.17) is 11.6 Å². The topological polar surface area (TPSA) is 61.4 Å². The third kappa shape index (κ3) is 1.67. The Labute approximate surface area is 108 Å². The Bertz CT molecular complexity index is 655. The molecule has 0 saturated heterocycles. The number of carbonyl (C=O) groups excluding carboxylic acids is 1. The number of fused-ring (bicyclic) bond motifs is 2. The van der Waals surface area contributed by atoms with E-state index in [1.54, 1.807) is 36.4 Å². The van der Waals surface area contributed by atoms with Crippen molar-refractivity contribution in [2.24, 2.45) is 0 Å². The van der Waals surface area contributed by atoms with Crippen LogP contribution < -0.4 is 10.6 Å². The molecule has 2 aromatic carbocycles. The van der Waals surface area contributed by atoms with Gasteiger partial charge in [0.25, 0.3) is 5.91 Å². The second-order valence-corrected chi connectivity index (χ2v) is 4.41. The predicted octanol–water partition coefficient (Wildman–Crippen LogP) is 3.35. The largest absolute Gasteiger partial charge is 0.506 e. The van der Waals surface area contributed by atoms with E-state index in [1.807, 2.05) is 0 Å². The first-order chi connectivity index (χ1) is 8.65. The molecule has 3 N–H and O–H groups in total. The molecule has 0 saturated carbocycles. The Balaban J connectivity index is 2.21. The summed E-state index contributed by atoms with van der Waals surface area (Å²) in [6.07, 6.45) is 0. The SMILES string of the molecule is O=C1Nc2cccc(O)c2Nc2cc(Cl)ccc21. The second kappa shape index (κ2) is 3.92. The van der Waals surface area contributed by atoms with Gasteiger partial charge in [-0.05, 0) is 30.3 Å². The zero-order valence-electron chi connectivity index (χ0n) is 9.20. The maximum absolute atomic E-state index is 12.0. The molecule has 1 amide bonds. The first-order valence-corrected chi connectivity index (χ1v) is 5.73. The molecule has 0 aromatic heterocycles. The molecule has 2 aromatic rings. The molecule has 5 heteroatoms. The molecule has 1 aliphatic rings. The molecule has 0 fully saturated rings. The number of halogens is 1. The number of hydrogen-bond acceptors (Lipinski definition) is 3. The lowest BCUT2D eigenvalue weighted by molar-refractivity contribution is 0.102. The number of anilines is 3. The Morgan fingerprint density at radius 1 is 1.06 bits per heavy atom. The van der Waals surface area contributed by atoms with Crippen LogP contribution >= 0.6 is 11.6 Å². The highest BCUT2D eigenvalue weighted by atomic mass is 35.5. The summed E-state index contributed by atoms with van der Waals surface area (Å²) >= 11 is 5.91. The monoisotopic (exact) mass is 260 g/mol. The zero-order chi connectivity index (χ0) is 12.7. The van der Waals surface area contributed by atoms with Crippen molar-refractivity contribution in [2.45, 2.75) is 0 Å². The van der Waals surface area contributed by atoms with Gasteiger partial charge in [0.2, 0.25) is 0 Å². The summed E-state index contributed by atoms with van der Waals surface area (Å²) in [4.78, 5) is 12.0. The number of phenolic OH excluding ortho intramolecular Hbond substituents is 1. The van der Waals surface area contributed by atoms with Crippen LogP contribution in [0.15, 0.2) is 36.4 Å². The molecule has 90 valence electrons. The Hall–Kier alpha value is -2.20. The minimum absolute atomic E-state index is 0.0700. The van der Waals surface area contributed by atoms with Gasteiger partial charge < -0.3 is 15.7 Å². The molecule has 0 spiro atoms. The van der Waals surface area contributed by atoms with Crippen molar-refractivity contribution in [1.82, 2.24) is 0 Å². The standard InChI is InChI=1S/C13H9ClN2O2/c14-7-4-5-8-10(6-7)15-12-9(16-13(8)18)2-1-3-11(12)17/h1-6,15,17H,(H,16,18). The highest BCUT2D eigenvalue weighted by Gasteiger charge is 2.20. The van der Waals surface area contributed by atoms with Gasteiger partial charge in [-0.25, -0.2) is 0 Å². The summed E-state index contributed by atoms with van der Waals surface area (Å²) in [5, 5.41) is 16.1. The molecule has 0 aliphatic carbocycles. The van der Waals surface area contributed by atoms with Crippen LogP contribution in [-0.2, 0) is 0 Å². The zero-order valence-corrected chi connectivity index (χ0v) is 9.95. The van der Waals surface area contributed by atoms with Gasteiger partial charge >= 0.3 is 0 Å². The number of phenols is 1. The minimum Gasteiger partial charge on any atom is -0.506 e. The lowest BCUT2D eigenvalue weighted by Crippen LogP contribution is -2.10. The molecule has 1 heterocycles. The van der Waals surface area contributed by atoms with Crippen molar-refractivity contribution in [2.75, 3.05) is 10.6 Å². The molecule has 0 bridgehead atoms. The van der Waals surface area contributed by atoms with E-state index >= 15 is 0 Å². The molecule has 0 unspecified atom stereocenters. The van der Waals surface area contributed by atoms with Gasteiger partial charge in [0.1, 0.15) is 11.4 Å². The van der Waals surface area contributed by atoms with Crippen LogP contribution in [0.25, 0.3) is 0 Å². The number of amides is 1. The minimum atomic E-state index is -0.237. The summed E-state index contributed by atoms with van der Waals surface area (Å²) in [7, 11) is 0. The Kier molecular flexibility index (Phi) is 2.38. The Morgan fingerprint density at radius 3 is 2.72 bits per heavy atom. The highest BCUT2D eigenvalue weighted by molar-refractivity contribution is 6.31. The van der Waals surface area contributed by atoms with E-state index in [9.17, 15) is 9.90 Å². The predicted molar refractivity (Wildman–Crippen MR) is 70.8 cm³/mol. The molecule has 18 heavy (non-hydrogen) atoms. The third-order valence-electron chi connectivity index (χ3n) is 2.78. The average molecular weight is 261 g/mol. The number of nitrogens with one attached hydrogen (secondary N) is 2. The second-order valence-electron chi connectivity index (χ2n) is 3.97. The van der Waals surface area contributed by atoms with Crippen molar-refractivity contribution in [3.8, 4) is 5.75 Å². The molecular formula is C13H9ClN2O2. The first-order valence-electron chi connectivity index (χ1n) is 5.35. The van der Waals surface area contributed by atoms with Crippen LogP contribution in [0.5, 0.6) is 5.75 Å². The van der Waals surface area contributed by atoms with Crippen molar-refractivity contribution >= 4 is 34.6 Å². The van der Waals surface area contributed by atoms with Crippen molar-refractivity contribution in [3.05, 3.63) is 47.0 Å². The fourth-order valence-corrected chi connectivity index (χ4v) is 2.09. The number of hydrogen-bond donors (Lipinski definition) is 3. The van der Waals surface area contributed by atoms with E-state index in [-0.39, 0.29) is 11.7 Å². The van der Waals surface area contributed by atoms with Gasteiger partial charge in [-0.2, -0.15) is 0 Å². The number of aromatic hydroxyl groups is 1. The number of para-hydroxylation sites is 1. The maximum Gasteiger partial charge on any atom is 0.257 e. The van der Waals surface area contributed by atoms with Crippen LogP contribution in [0.1, 0.15) is 10.4 Å². The van der Waals surface area contributed by atoms with Crippen molar-refractivity contribution < 1.29 is 9.90 Å². The smallest absolute Gasteiger partial charge is 0.257 e. The quantitative estimate of drug-likeness (QED) is 0.637. The van der Waals surface area contributed by atoms with Gasteiger partial charge in [-0.3, -0.25) is 4.79 Å². The van der Waals surface area contributed by atoms with Crippen molar-refractivity contribution in [3.63, 3.8) is 0 Å². The van der Waals surface area contributed by atoms with Gasteiger partial charge in [0.15, 0.2) is 0 Å². The lowest BCUT2D eigenvalue weighted by Gasteiger charge is -2.10. The van der Waals surface area contributed by atoms with Gasteiger partial charge in [0.05, 0.1) is 16.9 Å². The van der Waals surface area contributed by atoms with E-state index < -0.39 is 0 Å². The molecule has 3 rings (SSSR count). The molecule has 1 aliphatic heterocycles. The van der Waals surface area contributed by atoms with E-state index in [1.165, 1.54) is 0 Å². The first kappa shape index (κ1) is 10.9. The van der Waals surface area contributed by atoms with Crippen LogP contribution in [0.3, 0.4) is 0 Å². The molecule has 0 radical (unpaired) electrons. The van der Waals surface area contributed by atoms with Crippen LogP contribution in [-0.4, -0.2) is 11.0 Å². The normalized spacial score (nSPS) is 12.8. The number of benzene rings is 2. The van der Waals surface area contributed by atoms with Gasteiger partial charge in [-0.15, -0.1) is 0 Å². The molecule has 4 nitrogen and oxygen atoms in total. The van der Waals surface area contributed by atoms with Gasteiger partial charge in [-0.1, -0.05) is 17.7 Å². The summed E-state index contributed by atoms with van der Waals surface area (Å²) in [5.41, 5.74) is 2.05. The molecular weight excluding hydrogens is 252 g/mol. The average Bonchev–Trinajstić information content (AvgIpc) is 2.46. The number of carbonyl (C=O) groups is 1. The van der Waals surface area contributed by atoms with Crippen LogP contribution in [0, 0.1) is 0 Å². The summed E-state index contributed by atoms with van der Waals surface area (Å²) in [6, 6.07) is 9.87. The fourth-order valence-electron chi connectivity index (χ4n) is 1.92. The van der Waals surface area contributed by atoms with Gasteiger partial charge in [0, 0.05) is 5.02 Å². The third-order valence-corrected chi connectivity index (χ3v) is 3.01. The highest BCUT2D eigenvalue weighted by Crippen LogP contribution is 2.38. The van der Waals surface area contributed by atoms with E-state index in [0.717, 1.165) is 0 Å². The van der Waals surface area contributed by atoms with Crippen LogP contribution in [0.2, 0.25) is 5.02 Å². The molecule has 0 atom stereocenters. The van der Waals surface area contributed by atoms with E-state index in [0.29, 0.717) is 27.6 Å². The maximum atomic E-state index is 12.0. The summed E-state index contributed by atoms with van der Waals surface area (Å²) in [5.74, 6) is -0.167. The van der Waals surface area contributed by atoms with Crippen molar-refractivity contribution in [1.29, 1.82) is 0 Å². The Morgan fingerprint density at radius 2 is 1.89 bits per heavy atom. The van der Waals surface area contributed by atoms with Crippen LogP contribution in [0.4, 0.5) is 17.1 Å². The number of rotatable bonds is 0. The summed E-state index contributed by atoms with van der Waals surface area (Å²) < 4.78 is 0. The fraction of sp³-hybridized carbons (Fsp3) is 0. The summed E-state index contributed by atoms with van der Waals surface area (Å²) in [6.45, 7) is 0. The van der Waals surface area contributed by atoms with E-state index in [2.05, 4.69) is 10.6 Å². The lowest BCUT2D eigenvalue weighted by atomic mass is 10.1.